The number of nitrogens with zero attached hydrogens (tertiary/aromatic N) is 2. The summed E-state index contributed by atoms with van der Waals surface area (Å²) >= 11 is 0. The Morgan fingerprint density at radius 1 is 0.422 bits per heavy atom. The van der Waals surface area contributed by atoms with Gasteiger partial charge in [-0.05, 0) is 165 Å². The van der Waals surface area contributed by atoms with E-state index in [1.165, 1.54) is 114 Å². The SMILES string of the molecule is Cc1cccc(N(c2cccc3c2C2(c4ccccc4-3)C3CC4CC2CC(C3)C4C)c2ccc3ccc4c(N(c5ccccc5)c5cccc6ccccc56)ccc5ccc2c3c54)c1. The second-order valence-electron chi connectivity index (χ2n) is 19.8. The monoisotopic (exact) mass is 822 g/mol. The highest BCUT2D eigenvalue weighted by atomic mass is 15.2. The number of benzene rings is 10. The lowest BCUT2D eigenvalue weighted by molar-refractivity contribution is -0.0767. The van der Waals surface area contributed by atoms with E-state index in [9.17, 15) is 0 Å². The number of hydrogen-bond donors (Lipinski definition) is 0. The molecule has 64 heavy (non-hydrogen) atoms. The van der Waals surface area contributed by atoms with Crippen molar-refractivity contribution in [3.63, 3.8) is 0 Å². The molecule has 4 saturated carbocycles. The molecule has 0 amide bonds. The summed E-state index contributed by atoms with van der Waals surface area (Å²) in [5.74, 6) is 3.87. The molecule has 4 fully saturated rings. The third-order valence-electron chi connectivity index (χ3n) is 16.9. The lowest BCUT2D eigenvalue weighted by atomic mass is 9.41. The van der Waals surface area contributed by atoms with Crippen LogP contribution in [-0.4, -0.2) is 0 Å². The summed E-state index contributed by atoms with van der Waals surface area (Å²) in [4.78, 5) is 5.15. The van der Waals surface area contributed by atoms with Gasteiger partial charge in [-0.2, -0.15) is 0 Å². The average molecular weight is 823 g/mol. The molecule has 5 aliphatic rings. The van der Waals surface area contributed by atoms with Crippen molar-refractivity contribution in [2.75, 3.05) is 9.80 Å². The maximum absolute atomic E-state index is 2.67. The van der Waals surface area contributed by atoms with E-state index in [-0.39, 0.29) is 5.41 Å². The van der Waals surface area contributed by atoms with Crippen LogP contribution in [0.15, 0.2) is 188 Å². The smallest absolute Gasteiger partial charge is 0.0540 e. The van der Waals surface area contributed by atoms with E-state index in [4.69, 9.17) is 0 Å². The molecule has 0 aromatic heterocycles. The van der Waals surface area contributed by atoms with E-state index >= 15 is 0 Å². The van der Waals surface area contributed by atoms with Gasteiger partial charge in [0.15, 0.2) is 0 Å². The van der Waals surface area contributed by atoms with Crippen LogP contribution in [0.3, 0.4) is 0 Å². The number of aryl methyl sites for hydroxylation is 1. The summed E-state index contributed by atoms with van der Waals surface area (Å²) in [5, 5.41) is 10.2. The Morgan fingerprint density at radius 2 is 0.953 bits per heavy atom. The van der Waals surface area contributed by atoms with Crippen LogP contribution in [0, 0.1) is 36.5 Å². The molecular weight excluding hydrogens is 773 g/mol. The molecule has 0 N–H and O–H groups in total. The fourth-order valence-corrected chi connectivity index (χ4v) is 14.3. The van der Waals surface area contributed by atoms with Crippen molar-refractivity contribution in [2.45, 2.75) is 44.9 Å². The van der Waals surface area contributed by atoms with Gasteiger partial charge in [0.25, 0.3) is 0 Å². The molecule has 0 heterocycles. The van der Waals surface area contributed by atoms with Crippen LogP contribution >= 0.6 is 0 Å². The minimum Gasteiger partial charge on any atom is -0.310 e. The largest absolute Gasteiger partial charge is 0.310 e. The van der Waals surface area contributed by atoms with Gasteiger partial charge in [0, 0.05) is 32.9 Å². The molecule has 0 saturated heterocycles. The summed E-state index contributed by atoms with van der Waals surface area (Å²) in [7, 11) is 0. The number of rotatable bonds is 6. The molecule has 308 valence electrons. The molecule has 1 spiro atoms. The van der Waals surface area contributed by atoms with Crippen molar-refractivity contribution in [1.82, 2.24) is 0 Å². The Labute approximate surface area is 375 Å². The van der Waals surface area contributed by atoms with E-state index in [1.54, 1.807) is 11.1 Å². The van der Waals surface area contributed by atoms with Crippen LogP contribution < -0.4 is 9.80 Å². The number of fused-ring (bicyclic) bond motifs is 4. The summed E-state index contributed by atoms with van der Waals surface area (Å²) in [6.45, 7) is 4.81. The number of hydrogen-bond acceptors (Lipinski definition) is 2. The molecule has 5 aliphatic carbocycles. The highest BCUT2D eigenvalue weighted by molar-refractivity contribution is 6.28. The van der Waals surface area contributed by atoms with Crippen LogP contribution in [0.4, 0.5) is 34.1 Å². The van der Waals surface area contributed by atoms with Gasteiger partial charge in [-0.1, -0.05) is 146 Å². The summed E-state index contributed by atoms with van der Waals surface area (Å²) < 4.78 is 0. The van der Waals surface area contributed by atoms with Gasteiger partial charge >= 0.3 is 0 Å². The quantitative estimate of drug-likeness (QED) is 0.154. The van der Waals surface area contributed by atoms with E-state index in [2.05, 4.69) is 212 Å². The molecule has 10 aromatic rings. The van der Waals surface area contributed by atoms with Crippen LogP contribution in [0.1, 0.15) is 49.3 Å². The maximum atomic E-state index is 2.67. The van der Waals surface area contributed by atoms with Gasteiger partial charge in [0.1, 0.15) is 0 Å². The highest BCUT2D eigenvalue weighted by Crippen LogP contribution is 2.72. The molecule has 2 nitrogen and oxygen atoms in total. The lowest BCUT2D eigenvalue weighted by Crippen LogP contribution is -2.58. The second-order valence-corrected chi connectivity index (χ2v) is 19.8. The third-order valence-corrected chi connectivity index (χ3v) is 16.9. The van der Waals surface area contributed by atoms with Crippen molar-refractivity contribution < 1.29 is 0 Å². The first-order valence-electron chi connectivity index (χ1n) is 23.7. The minimum absolute atomic E-state index is 0.0128. The van der Waals surface area contributed by atoms with Crippen molar-refractivity contribution in [3.8, 4) is 11.1 Å². The normalized spacial score (nSPS) is 22.8. The molecule has 0 unspecified atom stereocenters. The van der Waals surface area contributed by atoms with Crippen LogP contribution in [-0.2, 0) is 5.41 Å². The van der Waals surface area contributed by atoms with Gasteiger partial charge in [-0.3, -0.25) is 0 Å². The number of para-hydroxylation sites is 1. The zero-order chi connectivity index (χ0) is 42.3. The maximum Gasteiger partial charge on any atom is 0.0540 e. The van der Waals surface area contributed by atoms with Gasteiger partial charge < -0.3 is 9.80 Å². The summed E-state index contributed by atoms with van der Waals surface area (Å²) in [6, 6.07) is 71.5. The molecule has 10 aromatic carbocycles. The Balaban J connectivity index is 1.03. The van der Waals surface area contributed by atoms with Crippen LogP contribution in [0.2, 0.25) is 0 Å². The molecule has 0 radical (unpaired) electrons. The number of anilines is 6. The Hall–Kier alpha value is -6.90. The lowest BCUT2D eigenvalue weighted by Gasteiger charge is -2.63. The van der Waals surface area contributed by atoms with Crippen molar-refractivity contribution in [1.29, 1.82) is 0 Å². The van der Waals surface area contributed by atoms with Gasteiger partial charge in [-0.25, -0.2) is 0 Å². The minimum atomic E-state index is 0.0128. The molecular formula is C62H50N2. The van der Waals surface area contributed by atoms with Crippen LogP contribution in [0.25, 0.3) is 54.2 Å². The highest BCUT2D eigenvalue weighted by Gasteiger charge is 2.64. The topological polar surface area (TPSA) is 6.48 Å². The van der Waals surface area contributed by atoms with Gasteiger partial charge in [-0.15, -0.1) is 0 Å². The molecule has 2 heteroatoms. The first-order chi connectivity index (χ1) is 31.6. The second kappa shape index (κ2) is 13.6. The predicted octanol–water partition coefficient (Wildman–Crippen LogP) is 17.0. The fourth-order valence-electron chi connectivity index (χ4n) is 14.3. The van der Waals surface area contributed by atoms with Gasteiger partial charge in [0.2, 0.25) is 0 Å². The van der Waals surface area contributed by atoms with E-state index in [0.717, 1.165) is 23.4 Å². The molecule has 0 atom stereocenters. The predicted molar refractivity (Wildman–Crippen MR) is 270 cm³/mol. The van der Waals surface area contributed by atoms with E-state index < -0.39 is 0 Å². The first-order valence-corrected chi connectivity index (χ1v) is 23.7. The van der Waals surface area contributed by atoms with Crippen molar-refractivity contribution >= 4 is 77.2 Å². The van der Waals surface area contributed by atoms with Crippen LogP contribution in [0.5, 0.6) is 0 Å². The van der Waals surface area contributed by atoms with Gasteiger partial charge in [0.05, 0.1) is 22.7 Å². The standard InChI is InChI=1S/C62H50N2/c1-38-13-10-18-48(33-38)64(58-24-12-21-51-50-20-8-9-22-54(50)62(61(51)58)45-34-43-35-46(62)37-44(36-45)39(43)2)57-32-28-42-25-29-52-56(31-27-41-26-30-53(57)60(42)59(41)52)63(47-16-4-3-5-17-47)55-23-11-15-40-14-6-7-19-49(40)55/h3-33,39,43-46H,34-37H2,1-2H3. The molecule has 4 bridgehead atoms. The first kappa shape index (κ1) is 36.6. The van der Waals surface area contributed by atoms with E-state index in [0.29, 0.717) is 11.8 Å². The Kier molecular flexibility index (Phi) is 7.74. The Morgan fingerprint density at radius 3 is 1.67 bits per heavy atom. The molecule has 15 rings (SSSR count). The Bertz CT molecular complexity index is 3460. The zero-order valence-electron chi connectivity index (χ0n) is 36.5. The average Bonchev–Trinajstić information content (AvgIpc) is 3.63. The summed E-state index contributed by atoms with van der Waals surface area (Å²) in [6.07, 6.45) is 5.39. The van der Waals surface area contributed by atoms with E-state index in [1.807, 2.05) is 0 Å². The zero-order valence-corrected chi connectivity index (χ0v) is 36.5. The van der Waals surface area contributed by atoms with Crippen molar-refractivity contribution in [2.24, 2.45) is 29.6 Å². The summed E-state index contributed by atoms with van der Waals surface area (Å²) in [5.41, 5.74) is 14.7. The molecule has 0 aliphatic heterocycles. The third kappa shape index (κ3) is 4.92. The van der Waals surface area contributed by atoms with Crippen molar-refractivity contribution in [3.05, 3.63) is 205 Å². The fraction of sp³-hybridized carbons (Fsp3) is 0.194.